The summed E-state index contributed by atoms with van der Waals surface area (Å²) in [5.41, 5.74) is 4.39. The molecule has 0 amide bonds. The van der Waals surface area contributed by atoms with Gasteiger partial charge in [0, 0.05) is 17.6 Å². The molecule has 3 rings (SSSR count). The molecule has 2 aromatic heterocycles. The summed E-state index contributed by atoms with van der Waals surface area (Å²) in [5.74, 6) is 0. The van der Waals surface area contributed by atoms with Crippen LogP contribution in [0.5, 0.6) is 0 Å². The summed E-state index contributed by atoms with van der Waals surface area (Å²) in [6.45, 7) is 2.83. The highest BCUT2D eigenvalue weighted by atomic mass is 32.1. The highest BCUT2D eigenvalue weighted by Crippen LogP contribution is 2.18. The van der Waals surface area contributed by atoms with Crippen LogP contribution >= 0.6 is 11.3 Å². The number of benzene rings is 1. The molecular weight excluding hydrogens is 280 g/mol. The Morgan fingerprint density at radius 1 is 1.24 bits per heavy atom. The maximum atomic E-state index is 9.51. The third-order valence-corrected chi connectivity index (χ3v) is 4.28. The Hall–Kier alpha value is -1.75. The van der Waals surface area contributed by atoms with E-state index in [9.17, 15) is 5.11 Å². The molecule has 0 fully saturated rings. The standard InChI is InChI=1S/C17H18N2OS/c1-12-2-4-14-8-13(3-5-16(14)19-12)9-18-17(10-20)15-6-7-21-11-15/h2-8,11,17-18,20H,9-10H2,1H3. The van der Waals surface area contributed by atoms with Gasteiger partial charge in [-0.2, -0.15) is 11.3 Å². The quantitative estimate of drug-likeness (QED) is 0.758. The van der Waals surface area contributed by atoms with Gasteiger partial charge in [-0.3, -0.25) is 4.98 Å². The molecule has 3 aromatic rings. The number of nitrogens with zero attached hydrogens (tertiary/aromatic N) is 1. The van der Waals surface area contributed by atoms with Gasteiger partial charge >= 0.3 is 0 Å². The molecule has 0 radical (unpaired) electrons. The summed E-state index contributed by atoms with van der Waals surface area (Å²) in [6, 6.07) is 12.5. The molecular formula is C17H18N2OS. The fourth-order valence-electron chi connectivity index (χ4n) is 2.39. The van der Waals surface area contributed by atoms with Crippen molar-refractivity contribution in [2.45, 2.75) is 19.5 Å². The molecule has 0 aliphatic rings. The number of pyridine rings is 1. The van der Waals surface area contributed by atoms with Crippen molar-refractivity contribution in [2.75, 3.05) is 6.61 Å². The van der Waals surface area contributed by atoms with Crippen LogP contribution in [-0.4, -0.2) is 16.7 Å². The van der Waals surface area contributed by atoms with Crippen molar-refractivity contribution in [1.29, 1.82) is 0 Å². The van der Waals surface area contributed by atoms with E-state index in [1.165, 1.54) is 5.56 Å². The largest absolute Gasteiger partial charge is 0.394 e. The third-order valence-electron chi connectivity index (χ3n) is 3.57. The number of thiophene rings is 1. The van der Waals surface area contributed by atoms with Crippen LogP contribution in [0, 0.1) is 6.92 Å². The van der Waals surface area contributed by atoms with Crippen LogP contribution in [0.25, 0.3) is 10.9 Å². The van der Waals surface area contributed by atoms with E-state index in [-0.39, 0.29) is 12.6 Å². The van der Waals surface area contributed by atoms with Crippen LogP contribution in [0.15, 0.2) is 47.2 Å². The summed E-state index contributed by atoms with van der Waals surface area (Å²) >= 11 is 1.65. The highest BCUT2D eigenvalue weighted by Gasteiger charge is 2.10. The molecule has 2 N–H and O–H groups in total. The van der Waals surface area contributed by atoms with Gasteiger partial charge in [-0.05, 0) is 53.1 Å². The van der Waals surface area contributed by atoms with Crippen molar-refractivity contribution in [2.24, 2.45) is 0 Å². The Morgan fingerprint density at radius 2 is 2.14 bits per heavy atom. The van der Waals surface area contributed by atoms with Gasteiger partial charge in [-0.15, -0.1) is 0 Å². The maximum absolute atomic E-state index is 9.51. The van der Waals surface area contributed by atoms with E-state index in [4.69, 9.17) is 0 Å². The Labute approximate surface area is 128 Å². The lowest BCUT2D eigenvalue weighted by Crippen LogP contribution is -2.23. The van der Waals surface area contributed by atoms with Gasteiger partial charge < -0.3 is 10.4 Å². The van der Waals surface area contributed by atoms with Crippen molar-refractivity contribution < 1.29 is 5.11 Å². The number of aliphatic hydroxyl groups excluding tert-OH is 1. The minimum Gasteiger partial charge on any atom is -0.394 e. The molecule has 0 saturated carbocycles. The number of hydrogen-bond donors (Lipinski definition) is 2. The Bertz CT molecular complexity index is 725. The molecule has 1 aromatic carbocycles. The minimum atomic E-state index is -0.0110. The summed E-state index contributed by atoms with van der Waals surface area (Å²) in [6.07, 6.45) is 0. The summed E-state index contributed by atoms with van der Waals surface area (Å²) in [7, 11) is 0. The topological polar surface area (TPSA) is 45.1 Å². The second-order valence-corrected chi connectivity index (χ2v) is 5.93. The molecule has 0 bridgehead atoms. The molecule has 0 saturated heterocycles. The monoisotopic (exact) mass is 298 g/mol. The van der Waals surface area contributed by atoms with Gasteiger partial charge in [-0.25, -0.2) is 0 Å². The van der Waals surface area contributed by atoms with Crippen molar-refractivity contribution in [3.8, 4) is 0 Å². The van der Waals surface area contributed by atoms with Crippen LogP contribution in [0.3, 0.4) is 0 Å². The molecule has 0 aliphatic carbocycles. The fourth-order valence-corrected chi connectivity index (χ4v) is 3.10. The van der Waals surface area contributed by atoms with Crippen molar-refractivity contribution >= 4 is 22.2 Å². The molecule has 2 heterocycles. The molecule has 1 unspecified atom stereocenters. The number of aryl methyl sites for hydroxylation is 1. The lowest BCUT2D eigenvalue weighted by Gasteiger charge is -2.15. The SMILES string of the molecule is Cc1ccc2cc(CNC(CO)c3ccsc3)ccc2n1. The van der Waals surface area contributed by atoms with E-state index >= 15 is 0 Å². The highest BCUT2D eigenvalue weighted by molar-refractivity contribution is 7.07. The first-order valence-electron chi connectivity index (χ1n) is 6.99. The third kappa shape index (κ3) is 3.29. The van der Waals surface area contributed by atoms with Gasteiger partial charge in [0.1, 0.15) is 0 Å². The molecule has 21 heavy (non-hydrogen) atoms. The zero-order valence-corrected chi connectivity index (χ0v) is 12.7. The Morgan fingerprint density at radius 3 is 2.90 bits per heavy atom. The van der Waals surface area contributed by atoms with Gasteiger partial charge in [0.2, 0.25) is 0 Å². The van der Waals surface area contributed by atoms with Crippen molar-refractivity contribution in [1.82, 2.24) is 10.3 Å². The van der Waals surface area contributed by atoms with E-state index < -0.39 is 0 Å². The normalized spacial score (nSPS) is 12.7. The number of fused-ring (bicyclic) bond motifs is 1. The Balaban J connectivity index is 1.74. The second-order valence-electron chi connectivity index (χ2n) is 5.15. The summed E-state index contributed by atoms with van der Waals surface area (Å²) in [4.78, 5) is 4.51. The molecule has 108 valence electrons. The average molecular weight is 298 g/mol. The lowest BCUT2D eigenvalue weighted by atomic mass is 10.1. The van der Waals surface area contributed by atoms with Gasteiger partial charge in [0.15, 0.2) is 0 Å². The average Bonchev–Trinajstić information content (AvgIpc) is 3.02. The first-order chi connectivity index (χ1) is 10.3. The predicted octanol–water partition coefficient (Wildman–Crippen LogP) is 3.43. The van der Waals surface area contributed by atoms with E-state index in [0.717, 1.165) is 28.7 Å². The molecule has 0 spiro atoms. The van der Waals surface area contributed by atoms with Gasteiger partial charge in [0.05, 0.1) is 18.2 Å². The number of nitrogens with one attached hydrogen (secondary N) is 1. The van der Waals surface area contributed by atoms with Crippen LogP contribution < -0.4 is 5.32 Å². The lowest BCUT2D eigenvalue weighted by molar-refractivity contribution is 0.244. The van der Waals surface area contributed by atoms with Crippen LogP contribution in [0.4, 0.5) is 0 Å². The predicted molar refractivity (Wildman–Crippen MR) is 87.5 cm³/mol. The Kier molecular flexibility index (Phi) is 4.29. The van der Waals surface area contributed by atoms with E-state index in [0.29, 0.717) is 0 Å². The van der Waals surface area contributed by atoms with Crippen LogP contribution in [0.1, 0.15) is 22.9 Å². The molecule has 3 nitrogen and oxygen atoms in total. The molecule has 4 heteroatoms. The fraction of sp³-hybridized carbons (Fsp3) is 0.235. The van der Waals surface area contributed by atoms with E-state index in [1.54, 1.807) is 11.3 Å². The van der Waals surface area contributed by atoms with Crippen LogP contribution in [-0.2, 0) is 6.54 Å². The van der Waals surface area contributed by atoms with E-state index in [1.807, 2.05) is 24.4 Å². The summed E-state index contributed by atoms with van der Waals surface area (Å²) < 4.78 is 0. The number of hydrogen-bond acceptors (Lipinski definition) is 4. The minimum absolute atomic E-state index is 0.0110. The van der Waals surface area contributed by atoms with Gasteiger partial charge in [-0.1, -0.05) is 12.1 Å². The first-order valence-corrected chi connectivity index (χ1v) is 7.93. The van der Waals surface area contributed by atoms with E-state index in [2.05, 4.69) is 39.9 Å². The van der Waals surface area contributed by atoms with Crippen molar-refractivity contribution in [3.05, 3.63) is 64.0 Å². The number of rotatable bonds is 5. The molecule has 1 atom stereocenters. The zero-order valence-electron chi connectivity index (χ0n) is 11.9. The van der Waals surface area contributed by atoms with Crippen molar-refractivity contribution in [3.63, 3.8) is 0 Å². The van der Waals surface area contributed by atoms with Crippen LogP contribution in [0.2, 0.25) is 0 Å². The number of aliphatic hydroxyl groups is 1. The molecule has 0 aliphatic heterocycles. The smallest absolute Gasteiger partial charge is 0.0705 e. The zero-order chi connectivity index (χ0) is 14.7. The first kappa shape index (κ1) is 14.2. The maximum Gasteiger partial charge on any atom is 0.0705 e. The summed E-state index contributed by atoms with van der Waals surface area (Å²) in [5, 5.41) is 18.2. The number of aromatic nitrogens is 1. The van der Waals surface area contributed by atoms with Gasteiger partial charge in [0.25, 0.3) is 0 Å². The second kappa shape index (κ2) is 6.35.